The van der Waals surface area contributed by atoms with Crippen molar-refractivity contribution >= 4 is 18.4 Å². The van der Waals surface area contributed by atoms with Crippen molar-refractivity contribution in [3.63, 3.8) is 0 Å². The van der Waals surface area contributed by atoms with Crippen LogP contribution in [0.15, 0.2) is 0 Å². The molecule has 1 fully saturated rings. The average molecular weight is 180 g/mol. The van der Waals surface area contributed by atoms with E-state index < -0.39 is 5.97 Å². The van der Waals surface area contributed by atoms with Crippen LogP contribution in [0, 0.1) is 5.92 Å². The number of carboxylic acids is 1. The summed E-state index contributed by atoms with van der Waals surface area (Å²) in [7, 11) is 0. The van der Waals surface area contributed by atoms with E-state index in [1.54, 1.807) is 0 Å². The van der Waals surface area contributed by atoms with E-state index >= 15 is 0 Å². The maximum absolute atomic E-state index is 10.5. The van der Waals surface area contributed by atoms with E-state index in [1.165, 1.54) is 0 Å². The van der Waals surface area contributed by atoms with Gasteiger partial charge in [0, 0.05) is 0 Å². The van der Waals surface area contributed by atoms with Crippen molar-refractivity contribution in [1.29, 1.82) is 0 Å². The minimum atomic E-state index is -0.704. The number of halogens is 1. The molecule has 1 aliphatic heterocycles. The molecule has 0 aliphatic carbocycles. The maximum atomic E-state index is 10.5. The van der Waals surface area contributed by atoms with Gasteiger partial charge in [-0.1, -0.05) is 13.3 Å². The number of hydrogen-bond acceptors (Lipinski definition) is 2. The normalized spacial score (nSPS) is 29.5. The molecule has 1 heterocycles. The Morgan fingerprint density at radius 3 is 2.73 bits per heavy atom. The highest BCUT2D eigenvalue weighted by Crippen LogP contribution is 2.18. The number of nitrogens with one attached hydrogen (secondary N) is 1. The SMILES string of the molecule is CCC1CCNC1C(=O)O.Cl. The van der Waals surface area contributed by atoms with E-state index in [1.807, 2.05) is 6.92 Å². The Kier molecular flexibility index (Phi) is 4.45. The van der Waals surface area contributed by atoms with Crippen LogP contribution < -0.4 is 5.32 Å². The molecule has 0 saturated carbocycles. The Morgan fingerprint density at radius 1 is 1.73 bits per heavy atom. The fourth-order valence-corrected chi connectivity index (χ4v) is 1.49. The highest BCUT2D eigenvalue weighted by molar-refractivity contribution is 5.85. The molecule has 11 heavy (non-hydrogen) atoms. The summed E-state index contributed by atoms with van der Waals surface area (Å²) in [6, 6.07) is -0.287. The van der Waals surface area contributed by atoms with Crippen LogP contribution in [0.2, 0.25) is 0 Å². The second kappa shape index (κ2) is 4.57. The molecular formula is C7H14ClNO2. The number of hydrogen-bond donors (Lipinski definition) is 2. The van der Waals surface area contributed by atoms with Gasteiger partial charge in [0.2, 0.25) is 0 Å². The van der Waals surface area contributed by atoms with E-state index in [0.29, 0.717) is 5.92 Å². The van der Waals surface area contributed by atoms with Gasteiger partial charge < -0.3 is 10.4 Å². The second-order valence-electron chi connectivity index (χ2n) is 2.73. The van der Waals surface area contributed by atoms with Crippen molar-refractivity contribution < 1.29 is 9.90 Å². The molecule has 2 N–H and O–H groups in total. The van der Waals surface area contributed by atoms with Crippen molar-refractivity contribution in [1.82, 2.24) is 5.32 Å². The molecule has 1 rings (SSSR count). The highest BCUT2D eigenvalue weighted by Gasteiger charge is 2.30. The largest absolute Gasteiger partial charge is 0.480 e. The Hall–Kier alpha value is -0.280. The lowest BCUT2D eigenvalue weighted by Crippen LogP contribution is -2.35. The van der Waals surface area contributed by atoms with Gasteiger partial charge in [-0.05, 0) is 18.9 Å². The molecule has 0 radical (unpaired) electrons. The second-order valence-corrected chi connectivity index (χ2v) is 2.73. The van der Waals surface area contributed by atoms with Crippen molar-refractivity contribution in [2.24, 2.45) is 5.92 Å². The molecule has 4 heteroatoms. The van der Waals surface area contributed by atoms with E-state index in [-0.39, 0.29) is 18.4 Å². The summed E-state index contributed by atoms with van der Waals surface area (Å²) in [5.74, 6) is -0.359. The molecule has 0 aromatic carbocycles. The first-order valence-electron chi connectivity index (χ1n) is 3.72. The third kappa shape index (κ3) is 2.34. The van der Waals surface area contributed by atoms with Crippen molar-refractivity contribution in [2.45, 2.75) is 25.8 Å². The monoisotopic (exact) mass is 179 g/mol. The summed E-state index contributed by atoms with van der Waals surface area (Å²) in [6.07, 6.45) is 1.97. The van der Waals surface area contributed by atoms with Crippen LogP contribution in [0.25, 0.3) is 0 Å². The van der Waals surface area contributed by atoms with Gasteiger partial charge in [-0.15, -0.1) is 12.4 Å². The van der Waals surface area contributed by atoms with Crippen LogP contribution in [0.4, 0.5) is 0 Å². The van der Waals surface area contributed by atoms with Gasteiger partial charge in [0.1, 0.15) is 6.04 Å². The lowest BCUT2D eigenvalue weighted by Gasteiger charge is -2.11. The minimum absolute atomic E-state index is 0. The fraction of sp³-hybridized carbons (Fsp3) is 0.857. The van der Waals surface area contributed by atoms with E-state index in [4.69, 9.17) is 5.11 Å². The van der Waals surface area contributed by atoms with Crippen LogP contribution >= 0.6 is 12.4 Å². The Labute approximate surface area is 72.6 Å². The molecule has 1 saturated heterocycles. The Morgan fingerprint density at radius 2 is 2.36 bits per heavy atom. The van der Waals surface area contributed by atoms with Crippen LogP contribution in [-0.2, 0) is 4.79 Å². The fourth-order valence-electron chi connectivity index (χ4n) is 1.49. The summed E-state index contributed by atoms with van der Waals surface area (Å²) in [6.45, 7) is 2.89. The van der Waals surface area contributed by atoms with E-state index in [2.05, 4.69) is 5.32 Å². The number of carbonyl (C=O) groups is 1. The number of carboxylic acid groups (broad SMARTS) is 1. The highest BCUT2D eigenvalue weighted by atomic mass is 35.5. The lowest BCUT2D eigenvalue weighted by atomic mass is 9.98. The van der Waals surface area contributed by atoms with Gasteiger partial charge in [0.05, 0.1) is 0 Å². The summed E-state index contributed by atoms with van der Waals surface area (Å²) in [4.78, 5) is 10.5. The quantitative estimate of drug-likeness (QED) is 0.662. The molecule has 0 bridgehead atoms. The molecule has 3 nitrogen and oxygen atoms in total. The summed E-state index contributed by atoms with van der Waals surface area (Å²) < 4.78 is 0. The minimum Gasteiger partial charge on any atom is -0.480 e. The smallest absolute Gasteiger partial charge is 0.320 e. The van der Waals surface area contributed by atoms with Gasteiger partial charge in [-0.25, -0.2) is 0 Å². The Bertz CT molecular complexity index is 140. The van der Waals surface area contributed by atoms with Crippen molar-refractivity contribution in [3.05, 3.63) is 0 Å². The Balaban J connectivity index is 0.000001000. The molecule has 2 unspecified atom stereocenters. The molecule has 0 aromatic heterocycles. The molecule has 2 atom stereocenters. The molecule has 0 spiro atoms. The summed E-state index contributed by atoms with van der Waals surface area (Å²) >= 11 is 0. The molecule has 0 aromatic rings. The average Bonchev–Trinajstić information content (AvgIpc) is 2.33. The van der Waals surface area contributed by atoms with Gasteiger partial charge in [-0.2, -0.15) is 0 Å². The number of rotatable bonds is 2. The molecular weight excluding hydrogens is 166 g/mol. The van der Waals surface area contributed by atoms with Crippen LogP contribution in [-0.4, -0.2) is 23.7 Å². The third-order valence-electron chi connectivity index (χ3n) is 2.14. The first kappa shape index (κ1) is 10.7. The van der Waals surface area contributed by atoms with Crippen LogP contribution in [0.1, 0.15) is 19.8 Å². The zero-order valence-electron chi connectivity index (χ0n) is 6.54. The molecule has 1 aliphatic rings. The van der Waals surface area contributed by atoms with E-state index in [0.717, 1.165) is 19.4 Å². The molecule has 66 valence electrons. The molecule has 0 amide bonds. The maximum Gasteiger partial charge on any atom is 0.320 e. The predicted molar refractivity (Wildman–Crippen MR) is 45.1 cm³/mol. The van der Waals surface area contributed by atoms with Gasteiger partial charge in [0.15, 0.2) is 0 Å². The topological polar surface area (TPSA) is 49.3 Å². The lowest BCUT2D eigenvalue weighted by molar-refractivity contribution is -0.140. The van der Waals surface area contributed by atoms with E-state index in [9.17, 15) is 4.79 Å². The first-order chi connectivity index (χ1) is 4.75. The van der Waals surface area contributed by atoms with Gasteiger partial charge >= 0.3 is 5.97 Å². The van der Waals surface area contributed by atoms with Crippen molar-refractivity contribution in [3.8, 4) is 0 Å². The third-order valence-corrected chi connectivity index (χ3v) is 2.14. The number of aliphatic carboxylic acids is 1. The zero-order valence-corrected chi connectivity index (χ0v) is 7.36. The van der Waals surface area contributed by atoms with Gasteiger partial charge in [-0.3, -0.25) is 4.79 Å². The van der Waals surface area contributed by atoms with Crippen LogP contribution in [0.3, 0.4) is 0 Å². The first-order valence-corrected chi connectivity index (χ1v) is 3.72. The summed E-state index contributed by atoms with van der Waals surface area (Å²) in [5.41, 5.74) is 0. The van der Waals surface area contributed by atoms with Crippen molar-refractivity contribution in [2.75, 3.05) is 6.54 Å². The standard InChI is InChI=1S/C7H13NO2.ClH/c1-2-5-3-4-8-6(5)7(9)10;/h5-6,8H,2-4H2,1H3,(H,9,10);1H. The zero-order chi connectivity index (χ0) is 7.56. The predicted octanol–water partition coefficient (Wildman–Crippen LogP) is 0.881. The van der Waals surface area contributed by atoms with Crippen LogP contribution in [0.5, 0.6) is 0 Å². The summed E-state index contributed by atoms with van der Waals surface area (Å²) in [5, 5.41) is 11.6. The van der Waals surface area contributed by atoms with Gasteiger partial charge in [0.25, 0.3) is 0 Å².